The quantitative estimate of drug-likeness (QED) is 0.710. The highest BCUT2D eigenvalue weighted by Crippen LogP contribution is 2.28. The van der Waals surface area contributed by atoms with Crippen LogP contribution in [0.4, 0.5) is 0 Å². The number of carbonyl (C=O) groups is 1. The van der Waals surface area contributed by atoms with Crippen molar-refractivity contribution < 1.29 is 4.79 Å². The van der Waals surface area contributed by atoms with E-state index in [0.29, 0.717) is 12.6 Å². The number of carbonyl (C=O) groups excluding carboxylic acids is 1. The van der Waals surface area contributed by atoms with E-state index in [4.69, 9.17) is 0 Å². The van der Waals surface area contributed by atoms with E-state index in [2.05, 4.69) is 35.8 Å². The molecular formula is C18H21N3OS. The summed E-state index contributed by atoms with van der Waals surface area (Å²) < 4.78 is 3.35. The molecule has 0 aliphatic carbocycles. The van der Waals surface area contributed by atoms with Crippen molar-refractivity contribution in [3.63, 3.8) is 0 Å². The van der Waals surface area contributed by atoms with Gasteiger partial charge in [0.15, 0.2) is 0 Å². The fourth-order valence-electron chi connectivity index (χ4n) is 2.49. The molecule has 3 heterocycles. The molecule has 0 aromatic carbocycles. The van der Waals surface area contributed by atoms with E-state index in [-0.39, 0.29) is 5.91 Å². The summed E-state index contributed by atoms with van der Waals surface area (Å²) in [5.41, 5.74) is 1.20. The molecular weight excluding hydrogens is 306 g/mol. The summed E-state index contributed by atoms with van der Waals surface area (Å²) in [7, 11) is 1.86. The van der Waals surface area contributed by atoms with Gasteiger partial charge in [0.25, 0.3) is 5.91 Å². The van der Waals surface area contributed by atoms with Crippen LogP contribution in [0, 0.1) is 0 Å². The van der Waals surface area contributed by atoms with Crippen molar-refractivity contribution in [2.45, 2.75) is 26.3 Å². The third-order valence-corrected chi connectivity index (χ3v) is 5.06. The number of amides is 1. The Morgan fingerprint density at radius 3 is 2.70 bits per heavy atom. The van der Waals surface area contributed by atoms with Crippen LogP contribution < -0.4 is 0 Å². The van der Waals surface area contributed by atoms with Crippen molar-refractivity contribution in [3.05, 3.63) is 53.4 Å². The minimum Gasteiger partial charge on any atom is -0.350 e. The Hall–Kier alpha value is -2.14. The Kier molecular flexibility index (Phi) is 4.48. The second-order valence-electron chi connectivity index (χ2n) is 6.06. The smallest absolute Gasteiger partial charge is 0.263 e. The number of fused-ring (bicyclic) bond motifs is 1. The summed E-state index contributed by atoms with van der Waals surface area (Å²) in [4.78, 5) is 19.2. The molecule has 3 rings (SSSR count). The lowest BCUT2D eigenvalue weighted by molar-refractivity contribution is 0.0801. The molecule has 0 aliphatic rings. The number of aromatic nitrogens is 2. The van der Waals surface area contributed by atoms with Gasteiger partial charge in [-0.2, -0.15) is 0 Å². The highest BCUT2D eigenvalue weighted by Gasteiger charge is 2.16. The average Bonchev–Trinajstić information content (AvgIpc) is 3.11. The lowest BCUT2D eigenvalue weighted by Gasteiger charge is -2.16. The first-order chi connectivity index (χ1) is 11.0. The van der Waals surface area contributed by atoms with Gasteiger partial charge >= 0.3 is 0 Å². The number of nitrogens with zero attached hydrogens (tertiary/aromatic N) is 3. The van der Waals surface area contributed by atoms with Crippen LogP contribution in [0.25, 0.3) is 10.1 Å². The van der Waals surface area contributed by atoms with E-state index < -0.39 is 0 Å². The van der Waals surface area contributed by atoms with Crippen molar-refractivity contribution in [2.24, 2.45) is 0 Å². The van der Waals surface area contributed by atoms with Crippen LogP contribution in [-0.2, 0) is 6.42 Å². The van der Waals surface area contributed by atoms with E-state index >= 15 is 0 Å². The Morgan fingerprint density at radius 1 is 1.30 bits per heavy atom. The molecule has 1 amide bonds. The topological polar surface area (TPSA) is 38.1 Å². The fourth-order valence-corrected chi connectivity index (χ4v) is 3.56. The zero-order valence-corrected chi connectivity index (χ0v) is 14.5. The zero-order valence-electron chi connectivity index (χ0n) is 13.7. The van der Waals surface area contributed by atoms with Crippen LogP contribution in [-0.4, -0.2) is 34.0 Å². The van der Waals surface area contributed by atoms with Crippen LogP contribution >= 0.6 is 11.3 Å². The first-order valence-electron chi connectivity index (χ1n) is 7.80. The van der Waals surface area contributed by atoms with Gasteiger partial charge in [0.05, 0.1) is 9.58 Å². The molecule has 0 saturated heterocycles. The van der Waals surface area contributed by atoms with Gasteiger partial charge < -0.3 is 9.47 Å². The summed E-state index contributed by atoms with van der Waals surface area (Å²) in [6.45, 7) is 5.02. The molecule has 0 spiro atoms. The first kappa shape index (κ1) is 15.7. The van der Waals surface area contributed by atoms with E-state index in [1.54, 1.807) is 28.6 Å². The van der Waals surface area contributed by atoms with E-state index in [9.17, 15) is 4.79 Å². The predicted molar refractivity (Wildman–Crippen MR) is 95.1 cm³/mol. The predicted octanol–water partition coefficient (Wildman–Crippen LogP) is 3.99. The molecule has 0 radical (unpaired) electrons. The number of hydrogen-bond donors (Lipinski definition) is 0. The maximum absolute atomic E-state index is 12.6. The van der Waals surface area contributed by atoms with Crippen LogP contribution in [0.1, 0.15) is 35.1 Å². The molecule has 0 aliphatic heterocycles. The molecule has 0 fully saturated rings. The monoisotopic (exact) mass is 327 g/mol. The van der Waals surface area contributed by atoms with E-state index in [1.807, 2.05) is 25.2 Å². The number of rotatable bonds is 5. The van der Waals surface area contributed by atoms with Gasteiger partial charge in [0.1, 0.15) is 0 Å². The standard InChI is InChI=1S/C18H21N3OS/c1-13(2)21-11-15-10-16(23-17(15)12-21)18(22)20(3)9-6-14-4-7-19-8-5-14/h4-5,7-8,10-13H,6,9H2,1-3H3. The van der Waals surface area contributed by atoms with Gasteiger partial charge in [-0.25, -0.2) is 0 Å². The highest BCUT2D eigenvalue weighted by atomic mass is 32.1. The van der Waals surface area contributed by atoms with Gasteiger partial charge in [-0.15, -0.1) is 11.3 Å². The third-order valence-electron chi connectivity index (χ3n) is 3.98. The molecule has 0 atom stereocenters. The minimum absolute atomic E-state index is 0.0938. The highest BCUT2D eigenvalue weighted by molar-refractivity contribution is 7.20. The number of hydrogen-bond acceptors (Lipinski definition) is 3. The molecule has 4 nitrogen and oxygen atoms in total. The number of pyridine rings is 1. The third kappa shape index (κ3) is 3.45. The Morgan fingerprint density at radius 2 is 2.04 bits per heavy atom. The first-order valence-corrected chi connectivity index (χ1v) is 8.61. The van der Waals surface area contributed by atoms with Crippen molar-refractivity contribution in [3.8, 4) is 0 Å². The lowest BCUT2D eigenvalue weighted by Crippen LogP contribution is -2.28. The van der Waals surface area contributed by atoms with Gasteiger partial charge in [0.2, 0.25) is 0 Å². The summed E-state index contributed by atoms with van der Waals surface area (Å²) >= 11 is 1.57. The van der Waals surface area contributed by atoms with Gasteiger partial charge in [0, 0.05) is 49.8 Å². The number of likely N-dealkylation sites (N-methyl/N-ethyl adjacent to an activating group) is 1. The molecule has 0 N–H and O–H groups in total. The van der Waals surface area contributed by atoms with Crippen molar-refractivity contribution in [1.29, 1.82) is 0 Å². The van der Waals surface area contributed by atoms with Gasteiger partial charge in [-0.05, 0) is 44.0 Å². The maximum Gasteiger partial charge on any atom is 0.263 e. The largest absolute Gasteiger partial charge is 0.350 e. The van der Waals surface area contributed by atoms with Gasteiger partial charge in [-0.1, -0.05) is 0 Å². The second kappa shape index (κ2) is 6.54. The van der Waals surface area contributed by atoms with Crippen molar-refractivity contribution in [2.75, 3.05) is 13.6 Å². The van der Waals surface area contributed by atoms with Crippen LogP contribution in [0.3, 0.4) is 0 Å². The summed E-state index contributed by atoms with van der Waals surface area (Å²) in [6.07, 6.45) is 8.65. The normalized spacial score (nSPS) is 11.3. The van der Waals surface area contributed by atoms with Crippen LogP contribution in [0.2, 0.25) is 0 Å². The maximum atomic E-state index is 12.6. The van der Waals surface area contributed by atoms with E-state index in [1.165, 1.54) is 10.3 Å². The Bertz CT molecular complexity index is 773. The molecule has 3 aromatic rings. The fraction of sp³-hybridized carbons (Fsp3) is 0.333. The summed E-state index contributed by atoms with van der Waals surface area (Å²) in [6, 6.07) is 6.42. The van der Waals surface area contributed by atoms with Crippen LogP contribution in [0.5, 0.6) is 0 Å². The molecule has 5 heteroatoms. The molecule has 23 heavy (non-hydrogen) atoms. The van der Waals surface area contributed by atoms with Gasteiger partial charge in [-0.3, -0.25) is 9.78 Å². The molecule has 0 bridgehead atoms. The molecule has 0 saturated carbocycles. The SMILES string of the molecule is CC(C)n1cc2cc(C(=O)N(C)CCc3ccncc3)sc2c1. The lowest BCUT2D eigenvalue weighted by atomic mass is 10.2. The average molecular weight is 327 g/mol. The summed E-state index contributed by atoms with van der Waals surface area (Å²) in [5, 5.41) is 1.15. The zero-order chi connectivity index (χ0) is 16.4. The Labute approximate surface area is 140 Å². The van der Waals surface area contributed by atoms with Crippen molar-refractivity contribution >= 4 is 27.3 Å². The molecule has 3 aromatic heterocycles. The molecule has 120 valence electrons. The minimum atomic E-state index is 0.0938. The number of thiophene rings is 1. The van der Waals surface area contributed by atoms with Crippen molar-refractivity contribution in [1.82, 2.24) is 14.5 Å². The van der Waals surface area contributed by atoms with E-state index in [0.717, 1.165) is 16.7 Å². The molecule has 0 unspecified atom stereocenters. The second-order valence-corrected chi connectivity index (χ2v) is 7.15. The Balaban J connectivity index is 1.68. The van der Waals surface area contributed by atoms with Crippen LogP contribution in [0.15, 0.2) is 43.0 Å². The summed E-state index contributed by atoms with van der Waals surface area (Å²) in [5.74, 6) is 0.0938.